The predicted octanol–water partition coefficient (Wildman–Crippen LogP) is 1.27. The number of nitroso groups, excluding NO2 is 1. The second-order valence-corrected chi connectivity index (χ2v) is 2.81. The maximum atomic E-state index is 9.86. The molecular weight excluding hydrogens is 128 g/mol. The van der Waals surface area contributed by atoms with Gasteiger partial charge >= 0.3 is 0 Å². The maximum absolute atomic E-state index is 9.86. The van der Waals surface area contributed by atoms with E-state index in [2.05, 4.69) is 17.4 Å². The van der Waals surface area contributed by atoms with Crippen LogP contribution < -0.4 is 5.32 Å². The summed E-state index contributed by atoms with van der Waals surface area (Å²) in [6.45, 7) is 3.52. The van der Waals surface area contributed by atoms with Gasteiger partial charge in [-0.15, -0.1) is 0 Å². The first-order chi connectivity index (χ1) is 4.83. The molecule has 10 heavy (non-hydrogen) atoms. The second-order valence-electron chi connectivity index (χ2n) is 2.81. The Morgan fingerprint density at radius 2 is 2.70 bits per heavy atom. The molecule has 0 radical (unpaired) electrons. The van der Waals surface area contributed by atoms with Gasteiger partial charge in [-0.05, 0) is 24.1 Å². The Hall–Kier alpha value is -0.860. The molecule has 0 aromatic rings. The molecule has 0 fully saturated rings. The molecular formula is C7H12N2O. The van der Waals surface area contributed by atoms with E-state index in [1.807, 2.05) is 6.20 Å². The molecule has 0 bridgehead atoms. The lowest BCUT2D eigenvalue weighted by molar-refractivity contribution is 0.518. The topological polar surface area (TPSA) is 41.5 Å². The van der Waals surface area contributed by atoms with Gasteiger partial charge < -0.3 is 5.32 Å². The van der Waals surface area contributed by atoms with Gasteiger partial charge in [0.05, 0.1) is 0 Å². The monoisotopic (exact) mass is 140 g/mol. The average Bonchev–Trinajstić information content (AvgIpc) is 1.88. The van der Waals surface area contributed by atoms with Crippen LogP contribution in [0, 0.1) is 10.8 Å². The minimum atomic E-state index is 0.345. The summed E-state index contributed by atoms with van der Waals surface area (Å²) in [5.41, 5.74) is 1.12. The van der Waals surface area contributed by atoms with Gasteiger partial charge in [-0.3, -0.25) is 0 Å². The summed E-state index contributed by atoms with van der Waals surface area (Å²) >= 11 is 0. The van der Waals surface area contributed by atoms with E-state index in [4.69, 9.17) is 0 Å². The minimum Gasteiger partial charge on any atom is -0.391 e. The third kappa shape index (κ3) is 1.83. The van der Waals surface area contributed by atoms with Crippen molar-refractivity contribution < 1.29 is 0 Å². The number of rotatable bonds is 2. The average molecular weight is 140 g/mol. The van der Waals surface area contributed by atoms with E-state index in [1.54, 1.807) is 0 Å². The molecule has 1 N–H and O–H groups in total. The van der Waals surface area contributed by atoms with Crippen LogP contribution in [0.2, 0.25) is 0 Å². The van der Waals surface area contributed by atoms with Crippen LogP contribution >= 0.6 is 0 Å². The zero-order chi connectivity index (χ0) is 7.40. The standard InChI is InChI=1S/C7H12N2O/c1-6-2-7(5-9-10)4-8-3-6/h4,6,8H,2-3,5H2,1H3. The SMILES string of the molecule is CC1CNC=C(CN=O)C1. The van der Waals surface area contributed by atoms with E-state index in [9.17, 15) is 4.91 Å². The summed E-state index contributed by atoms with van der Waals surface area (Å²) in [6.07, 6.45) is 2.92. The Morgan fingerprint density at radius 3 is 3.30 bits per heavy atom. The highest BCUT2D eigenvalue weighted by Gasteiger charge is 2.09. The third-order valence-electron chi connectivity index (χ3n) is 1.65. The molecule has 0 aromatic carbocycles. The molecule has 1 unspecified atom stereocenters. The largest absolute Gasteiger partial charge is 0.391 e. The van der Waals surface area contributed by atoms with Crippen molar-refractivity contribution in [3.8, 4) is 0 Å². The Morgan fingerprint density at radius 1 is 1.90 bits per heavy atom. The van der Waals surface area contributed by atoms with Crippen molar-refractivity contribution in [2.45, 2.75) is 13.3 Å². The Balaban J connectivity index is 2.43. The van der Waals surface area contributed by atoms with Gasteiger partial charge in [-0.2, -0.15) is 4.91 Å². The fourth-order valence-corrected chi connectivity index (χ4v) is 1.18. The van der Waals surface area contributed by atoms with Crippen molar-refractivity contribution in [3.05, 3.63) is 16.7 Å². The Kier molecular flexibility index (Phi) is 2.42. The van der Waals surface area contributed by atoms with E-state index in [0.29, 0.717) is 12.5 Å². The van der Waals surface area contributed by atoms with Crippen molar-refractivity contribution in [2.24, 2.45) is 11.1 Å². The fraction of sp³-hybridized carbons (Fsp3) is 0.714. The molecule has 3 heteroatoms. The first-order valence-corrected chi connectivity index (χ1v) is 3.53. The van der Waals surface area contributed by atoms with Crippen LogP contribution in [-0.2, 0) is 0 Å². The smallest absolute Gasteiger partial charge is 0.104 e. The molecule has 3 nitrogen and oxygen atoms in total. The first kappa shape index (κ1) is 7.25. The van der Waals surface area contributed by atoms with Crippen molar-refractivity contribution >= 4 is 0 Å². The van der Waals surface area contributed by atoms with E-state index < -0.39 is 0 Å². The van der Waals surface area contributed by atoms with Crippen LogP contribution in [0.15, 0.2) is 16.9 Å². The molecule has 1 aliphatic heterocycles. The van der Waals surface area contributed by atoms with Gasteiger partial charge in [-0.1, -0.05) is 12.1 Å². The molecule has 0 saturated carbocycles. The molecule has 1 rings (SSSR count). The number of nitrogens with zero attached hydrogens (tertiary/aromatic N) is 1. The van der Waals surface area contributed by atoms with Crippen LogP contribution in [0.3, 0.4) is 0 Å². The molecule has 56 valence electrons. The minimum absolute atomic E-state index is 0.345. The second kappa shape index (κ2) is 3.34. The first-order valence-electron chi connectivity index (χ1n) is 3.53. The van der Waals surface area contributed by atoms with E-state index >= 15 is 0 Å². The molecule has 1 aliphatic rings. The lowest BCUT2D eigenvalue weighted by atomic mass is 9.99. The molecule has 0 aliphatic carbocycles. The number of hydrogen-bond donors (Lipinski definition) is 1. The van der Waals surface area contributed by atoms with Gasteiger partial charge in [0.1, 0.15) is 6.54 Å². The molecule has 0 amide bonds. The molecule has 0 aromatic heterocycles. The van der Waals surface area contributed by atoms with Crippen LogP contribution in [0.5, 0.6) is 0 Å². The lowest BCUT2D eigenvalue weighted by Gasteiger charge is -2.18. The van der Waals surface area contributed by atoms with Gasteiger partial charge in [0.25, 0.3) is 0 Å². The van der Waals surface area contributed by atoms with Crippen LogP contribution in [0.1, 0.15) is 13.3 Å². The summed E-state index contributed by atoms with van der Waals surface area (Å²) in [7, 11) is 0. The summed E-state index contributed by atoms with van der Waals surface area (Å²) in [5.74, 6) is 0.641. The van der Waals surface area contributed by atoms with Crippen molar-refractivity contribution in [1.29, 1.82) is 0 Å². The number of hydrogen-bond acceptors (Lipinski definition) is 3. The molecule has 0 saturated heterocycles. The molecule has 1 heterocycles. The summed E-state index contributed by atoms with van der Waals surface area (Å²) in [6, 6.07) is 0. The third-order valence-corrected chi connectivity index (χ3v) is 1.65. The van der Waals surface area contributed by atoms with E-state index in [0.717, 1.165) is 18.5 Å². The zero-order valence-electron chi connectivity index (χ0n) is 6.13. The molecule has 1 atom stereocenters. The molecule has 0 spiro atoms. The maximum Gasteiger partial charge on any atom is 0.104 e. The predicted molar refractivity (Wildman–Crippen MR) is 40.5 cm³/mol. The highest BCUT2D eigenvalue weighted by atomic mass is 16.3. The van der Waals surface area contributed by atoms with Crippen molar-refractivity contribution in [3.63, 3.8) is 0 Å². The summed E-state index contributed by atoms with van der Waals surface area (Å²) in [4.78, 5) is 9.86. The number of nitrogens with one attached hydrogen (secondary N) is 1. The van der Waals surface area contributed by atoms with Gasteiger partial charge in [0.15, 0.2) is 0 Å². The normalized spacial score (nSPS) is 24.9. The van der Waals surface area contributed by atoms with Gasteiger partial charge in [0.2, 0.25) is 0 Å². The zero-order valence-corrected chi connectivity index (χ0v) is 6.13. The highest BCUT2D eigenvalue weighted by molar-refractivity contribution is 5.07. The van der Waals surface area contributed by atoms with Crippen molar-refractivity contribution in [2.75, 3.05) is 13.1 Å². The Bertz CT molecular complexity index is 154. The van der Waals surface area contributed by atoms with Crippen LogP contribution in [0.4, 0.5) is 0 Å². The van der Waals surface area contributed by atoms with Crippen LogP contribution in [0.25, 0.3) is 0 Å². The van der Waals surface area contributed by atoms with Gasteiger partial charge in [-0.25, -0.2) is 0 Å². The highest BCUT2D eigenvalue weighted by Crippen LogP contribution is 2.13. The van der Waals surface area contributed by atoms with Crippen molar-refractivity contribution in [1.82, 2.24) is 5.32 Å². The summed E-state index contributed by atoms with van der Waals surface area (Å²) < 4.78 is 0. The Labute approximate surface area is 60.5 Å². The van der Waals surface area contributed by atoms with E-state index in [1.165, 1.54) is 0 Å². The lowest BCUT2D eigenvalue weighted by Crippen LogP contribution is -2.22. The fourth-order valence-electron chi connectivity index (χ4n) is 1.18. The van der Waals surface area contributed by atoms with Crippen LogP contribution in [-0.4, -0.2) is 13.1 Å². The quantitative estimate of drug-likeness (QED) is 0.587. The summed E-state index contributed by atoms with van der Waals surface area (Å²) in [5, 5.41) is 5.94. The van der Waals surface area contributed by atoms with Gasteiger partial charge in [0, 0.05) is 6.54 Å². The van der Waals surface area contributed by atoms with E-state index in [-0.39, 0.29) is 0 Å².